The molecule has 0 saturated heterocycles. The minimum atomic E-state index is -0.494. The summed E-state index contributed by atoms with van der Waals surface area (Å²) in [6.07, 6.45) is 0. The molecule has 19 heavy (non-hydrogen) atoms. The van der Waals surface area contributed by atoms with Crippen molar-refractivity contribution in [1.29, 1.82) is 10.5 Å². The lowest BCUT2D eigenvalue weighted by Gasteiger charge is -2.14. The number of hydrogen-bond donors (Lipinski definition) is 1. The third-order valence-electron chi connectivity index (χ3n) is 2.65. The van der Waals surface area contributed by atoms with E-state index < -0.39 is 6.04 Å². The fourth-order valence-electron chi connectivity index (χ4n) is 1.71. The third-order valence-corrected chi connectivity index (χ3v) is 3.34. The number of anilines is 1. The predicted octanol–water partition coefficient (Wildman–Crippen LogP) is 4.00. The second kappa shape index (κ2) is 6.04. The molecule has 4 heteroatoms. The molecule has 0 radical (unpaired) electrons. The molecule has 0 heterocycles. The van der Waals surface area contributed by atoms with Crippen molar-refractivity contribution >= 4 is 21.6 Å². The van der Waals surface area contributed by atoms with Gasteiger partial charge in [0.2, 0.25) is 0 Å². The molecule has 2 aromatic rings. The molecule has 0 saturated carbocycles. The summed E-state index contributed by atoms with van der Waals surface area (Å²) in [5.41, 5.74) is 2.17. The van der Waals surface area contributed by atoms with Crippen molar-refractivity contribution in [2.75, 3.05) is 5.32 Å². The van der Waals surface area contributed by atoms with Crippen LogP contribution in [0.1, 0.15) is 17.2 Å². The molecule has 1 N–H and O–H groups in total. The molecule has 0 aliphatic rings. The van der Waals surface area contributed by atoms with Gasteiger partial charge in [0.05, 0.1) is 17.7 Å². The molecule has 1 atom stereocenters. The maximum Gasteiger partial charge on any atom is 0.140 e. The van der Waals surface area contributed by atoms with E-state index in [1.807, 2.05) is 30.3 Å². The van der Waals surface area contributed by atoms with E-state index in [-0.39, 0.29) is 0 Å². The molecule has 0 amide bonds. The number of rotatable bonds is 3. The molecule has 0 aliphatic carbocycles. The first-order valence-electron chi connectivity index (χ1n) is 5.65. The van der Waals surface area contributed by atoms with E-state index in [1.54, 1.807) is 18.2 Å². The van der Waals surface area contributed by atoms with E-state index in [4.69, 9.17) is 5.26 Å². The Kier molecular flexibility index (Phi) is 4.18. The number of halogens is 1. The molecule has 0 spiro atoms. The van der Waals surface area contributed by atoms with Crippen LogP contribution in [0.2, 0.25) is 0 Å². The van der Waals surface area contributed by atoms with E-state index in [0.717, 1.165) is 15.7 Å². The Balaban J connectivity index is 2.29. The van der Waals surface area contributed by atoms with E-state index in [2.05, 4.69) is 33.4 Å². The Hall–Kier alpha value is -2.30. The van der Waals surface area contributed by atoms with Gasteiger partial charge in [-0.3, -0.25) is 0 Å². The largest absolute Gasteiger partial charge is 0.365 e. The van der Waals surface area contributed by atoms with Crippen LogP contribution in [0.4, 0.5) is 5.69 Å². The van der Waals surface area contributed by atoms with Crippen molar-refractivity contribution in [3.8, 4) is 12.1 Å². The van der Waals surface area contributed by atoms with Crippen LogP contribution in [0.25, 0.3) is 0 Å². The highest BCUT2D eigenvalue weighted by Crippen LogP contribution is 2.26. The van der Waals surface area contributed by atoms with E-state index in [1.165, 1.54) is 0 Å². The normalized spacial score (nSPS) is 11.1. The van der Waals surface area contributed by atoms with Gasteiger partial charge in [-0.15, -0.1) is 0 Å². The van der Waals surface area contributed by atoms with Crippen LogP contribution in [0.15, 0.2) is 53.0 Å². The Morgan fingerprint density at radius 2 is 1.84 bits per heavy atom. The first-order chi connectivity index (χ1) is 9.24. The number of hydrogen-bond acceptors (Lipinski definition) is 3. The Morgan fingerprint density at radius 3 is 2.53 bits per heavy atom. The van der Waals surface area contributed by atoms with Gasteiger partial charge in [-0.25, -0.2) is 0 Å². The summed E-state index contributed by atoms with van der Waals surface area (Å²) in [7, 11) is 0. The number of nitrogens with one attached hydrogen (secondary N) is 1. The molecule has 0 aromatic heterocycles. The quantitative estimate of drug-likeness (QED) is 0.932. The average Bonchev–Trinajstić information content (AvgIpc) is 2.46. The van der Waals surface area contributed by atoms with Gasteiger partial charge < -0.3 is 5.32 Å². The van der Waals surface area contributed by atoms with Gasteiger partial charge in [-0.05, 0) is 45.8 Å². The highest BCUT2D eigenvalue weighted by Gasteiger charge is 2.12. The number of benzene rings is 2. The zero-order valence-electron chi connectivity index (χ0n) is 9.97. The molecule has 3 nitrogen and oxygen atoms in total. The van der Waals surface area contributed by atoms with Crippen LogP contribution >= 0.6 is 15.9 Å². The molecule has 2 aromatic carbocycles. The summed E-state index contributed by atoms with van der Waals surface area (Å²) < 4.78 is 0.895. The molecular weight excluding hydrogens is 302 g/mol. The van der Waals surface area contributed by atoms with Gasteiger partial charge in [0.15, 0.2) is 0 Å². The molecule has 0 aliphatic heterocycles. The fourth-order valence-corrected chi connectivity index (χ4v) is 2.11. The summed E-state index contributed by atoms with van der Waals surface area (Å²) in [4.78, 5) is 0. The maximum absolute atomic E-state index is 9.28. The second-order valence-corrected chi connectivity index (χ2v) is 4.78. The lowest BCUT2D eigenvalue weighted by atomic mass is 10.1. The summed E-state index contributed by atoms with van der Waals surface area (Å²) in [5.74, 6) is 0. The number of nitriles is 2. The summed E-state index contributed by atoms with van der Waals surface area (Å²) >= 11 is 3.43. The van der Waals surface area contributed by atoms with Crippen LogP contribution in [0.3, 0.4) is 0 Å². The van der Waals surface area contributed by atoms with Crippen molar-refractivity contribution < 1.29 is 0 Å². The average molecular weight is 312 g/mol. The van der Waals surface area contributed by atoms with Crippen LogP contribution in [0.5, 0.6) is 0 Å². The highest BCUT2D eigenvalue weighted by atomic mass is 79.9. The van der Waals surface area contributed by atoms with Crippen molar-refractivity contribution in [3.05, 3.63) is 64.1 Å². The van der Waals surface area contributed by atoms with Crippen LogP contribution < -0.4 is 5.32 Å². The van der Waals surface area contributed by atoms with E-state index >= 15 is 0 Å². The molecular formula is C15H10BrN3. The fraction of sp³-hybridized carbons (Fsp3) is 0.0667. The van der Waals surface area contributed by atoms with Gasteiger partial charge in [0.25, 0.3) is 0 Å². The lowest BCUT2D eigenvalue weighted by Crippen LogP contribution is -2.09. The predicted molar refractivity (Wildman–Crippen MR) is 77.3 cm³/mol. The van der Waals surface area contributed by atoms with Gasteiger partial charge >= 0.3 is 0 Å². The van der Waals surface area contributed by atoms with Crippen LogP contribution in [-0.4, -0.2) is 0 Å². The lowest BCUT2D eigenvalue weighted by molar-refractivity contribution is 0.995. The van der Waals surface area contributed by atoms with Crippen LogP contribution in [0, 0.1) is 22.7 Å². The Morgan fingerprint density at radius 1 is 1.05 bits per heavy atom. The van der Waals surface area contributed by atoms with Crippen molar-refractivity contribution in [2.45, 2.75) is 6.04 Å². The van der Waals surface area contributed by atoms with Crippen molar-refractivity contribution in [1.82, 2.24) is 0 Å². The zero-order chi connectivity index (χ0) is 13.7. The zero-order valence-corrected chi connectivity index (χ0v) is 11.6. The van der Waals surface area contributed by atoms with Gasteiger partial charge in [0.1, 0.15) is 6.04 Å². The topological polar surface area (TPSA) is 59.6 Å². The minimum absolute atomic E-state index is 0.494. The summed E-state index contributed by atoms with van der Waals surface area (Å²) in [6.45, 7) is 0. The number of para-hydroxylation sites is 1. The molecule has 1 unspecified atom stereocenters. The van der Waals surface area contributed by atoms with Gasteiger partial charge in [-0.2, -0.15) is 10.5 Å². The Labute approximate surface area is 120 Å². The summed E-state index contributed by atoms with van der Waals surface area (Å²) in [6, 6.07) is 18.4. The van der Waals surface area contributed by atoms with Crippen molar-refractivity contribution in [3.63, 3.8) is 0 Å². The first kappa shape index (κ1) is 13.1. The van der Waals surface area contributed by atoms with Gasteiger partial charge in [-0.1, -0.05) is 24.3 Å². The van der Waals surface area contributed by atoms with E-state index in [0.29, 0.717) is 5.56 Å². The minimum Gasteiger partial charge on any atom is -0.365 e. The van der Waals surface area contributed by atoms with Crippen LogP contribution in [-0.2, 0) is 0 Å². The van der Waals surface area contributed by atoms with E-state index in [9.17, 15) is 5.26 Å². The standard InChI is InChI=1S/C15H10BrN3/c16-13-6-1-2-7-14(13)19-15(10-18)12-5-3-4-11(8-12)9-17/h1-8,15,19H. The summed E-state index contributed by atoms with van der Waals surface area (Å²) in [5, 5.41) is 21.3. The van der Waals surface area contributed by atoms with Crippen molar-refractivity contribution in [2.24, 2.45) is 0 Å². The molecule has 2 rings (SSSR count). The third kappa shape index (κ3) is 3.13. The second-order valence-electron chi connectivity index (χ2n) is 3.92. The smallest absolute Gasteiger partial charge is 0.140 e. The monoisotopic (exact) mass is 311 g/mol. The maximum atomic E-state index is 9.28. The first-order valence-corrected chi connectivity index (χ1v) is 6.44. The SMILES string of the molecule is N#Cc1cccc(C(C#N)Nc2ccccc2Br)c1. The number of nitrogens with zero attached hydrogens (tertiary/aromatic N) is 2. The molecule has 92 valence electrons. The van der Waals surface area contributed by atoms with Gasteiger partial charge in [0, 0.05) is 10.2 Å². The highest BCUT2D eigenvalue weighted by molar-refractivity contribution is 9.10. The Bertz CT molecular complexity index is 668. The molecule has 0 fully saturated rings. The molecule has 0 bridgehead atoms.